The monoisotopic (exact) mass is 497 g/mol. The summed E-state index contributed by atoms with van der Waals surface area (Å²) in [6, 6.07) is 6.29. The number of hydrogen-bond acceptors (Lipinski definition) is 7. The van der Waals surface area contributed by atoms with Crippen LogP contribution in [0.5, 0.6) is 5.75 Å². The molecular formula is C27H35N3O6. The van der Waals surface area contributed by atoms with Crippen LogP contribution in [0.1, 0.15) is 59.7 Å². The predicted octanol–water partition coefficient (Wildman–Crippen LogP) is 3.58. The molecule has 9 heteroatoms. The summed E-state index contributed by atoms with van der Waals surface area (Å²) in [6.07, 6.45) is 0. The molecule has 2 N–H and O–H groups in total. The molecule has 9 nitrogen and oxygen atoms in total. The van der Waals surface area contributed by atoms with Gasteiger partial charge in [0, 0.05) is 29.9 Å². The highest BCUT2D eigenvalue weighted by molar-refractivity contribution is 6.46. The number of likely N-dealkylation sites (tertiary alicyclic amines) is 1. The number of carbonyl (C=O) groups excluding carboxylic acids is 3. The van der Waals surface area contributed by atoms with E-state index in [2.05, 4.69) is 9.88 Å². The van der Waals surface area contributed by atoms with Gasteiger partial charge in [-0.25, -0.2) is 4.79 Å². The minimum atomic E-state index is -0.851. The van der Waals surface area contributed by atoms with Crippen LogP contribution in [0.15, 0.2) is 29.8 Å². The zero-order valence-electron chi connectivity index (χ0n) is 21.8. The van der Waals surface area contributed by atoms with Crippen molar-refractivity contribution in [3.63, 3.8) is 0 Å². The third-order valence-corrected chi connectivity index (χ3v) is 6.68. The smallest absolute Gasteiger partial charge is 0.355 e. The van der Waals surface area contributed by atoms with Gasteiger partial charge >= 0.3 is 5.97 Å². The van der Waals surface area contributed by atoms with Crippen molar-refractivity contribution in [1.29, 1.82) is 0 Å². The lowest BCUT2D eigenvalue weighted by Gasteiger charge is -2.29. The molecule has 0 aliphatic carbocycles. The minimum absolute atomic E-state index is 0.0374. The number of aliphatic hydroxyl groups excluding tert-OH is 1. The van der Waals surface area contributed by atoms with Crippen LogP contribution in [-0.2, 0) is 14.3 Å². The number of carbonyl (C=O) groups is 3. The van der Waals surface area contributed by atoms with Crippen molar-refractivity contribution in [1.82, 2.24) is 14.8 Å². The van der Waals surface area contributed by atoms with Crippen LogP contribution in [0.3, 0.4) is 0 Å². The summed E-state index contributed by atoms with van der Waals surface area (Å²) in [5.74, 6) is -1.86. The lowest BCUT2D eigenvalue weighted by Crippen LogP contribution is -2.38. The Morgan fingerprint density at radius 1 is 1.14 bits per heavy atom. The maximum absolute atomic E-state index is 13.4. The highest BCUT2D eigenvalue weighted by Gasteiger charge is 2.47. The van der Waals surface area contributed by atoms with E-state index in [0.717, 1.165) is 13.1 Å². The number of para-hydroxylation sites is 1. The van der Waals surface area contributed by atoms with Gasteiger partial charge in [-0.3, -0.25) is 9.59 Å². The predicted molar refractivity (Wildman–Crippen MR) is 136 cm³/mol. The Hall–Kier alpha value is -3.59. The number of likely N-dealkylation sites (N-methyl/N-ethyl adjacent to an activating group) is 1. The van der Waals surface area contributed by atoms with Crippen molar-refractivity contribution in [3.8, 4) is 5.75 Å². The number of ketones is 1. The average Bonchev–Trinajstić information content (AvgIpc) is 3.31. The summed E-state index contributed by atoms with van der Waals surface area (Å²) in [7, 11) is 1.52. The van der Waals surface area contributed by atoms with Crippen LogP contribution >= 0.6 is 0 Å². The van der Waals surface area contributed by atoms with E-state index in [4.69, 9.17) is 9.47 Å². The molecule has 1 aliphatic rings. The van der Waals surface area contributed by atoms with Gasteiger partial charge in [0.1, 0.15) is 17.2 Å². The quantitative estimate of drug-likeness (QED) is 0.223. The second kappa shape index (κ2) is 11.4. The van der Waals surface area contributed by atoms with Crippen LogP contribution in [-0.4, -0.2) is 77.4 Å². The zero-order valence-corrected chi connectivity index (χ0v) is 21.8. The number of aliphatic hydroxyl groups is 1. The minimum Gasteiger partial charge on any atom is -0.507 e. The van der Waals surface area contributed by atoms with E-state index >= 15 is 0 Å². The lowest BCUT2D eigenvalue weighted by molar-refractivity contribution is -0.140. The van der Waals surface area contributed by atoms with Gasteiger partial charge in [-0.05, 0) is 45.5 Å². The molecule has 1 fully saturated rings. The highest BCUT2D eigenvalue weighted by atomic mass is 16.5. The fraction of sp³-hybridized carbons (Fsp3) is 0.444. The number of aromatic amines is 1. The van der Waals surface area contributed by atoms with Gasteiger partial charge in [0.15, 0.2) is 0 Å². The summed E-state index contributed by atoms with van der Waals surface area (Å²) in [5, 5.41) is 11.5. The molecule has 36 heavy (non-hydrogen) atoms. The molecular weight excluding hydrogens is 462 g/mol. The van der Waals surface area contributed by atoms with Gasteiger partial charge in [-0.2, -0.15) is 0 Å². The molecule has 0 spiro atoms. The van der Waals surface area contributed by atoms with Crippen molar-refractivity contribution in [2.24, 2.45) is 0 Å². The fourth-order valence-corrected chi connectivity index (χ4v) is 4.76. The number of nitrogens with zero attached hydrogens (tertiary/aromatic N) is 2. The van der Waals surface area contributed by atoms with Crippen molar-refractivity contribution in [2.75, 3.05) is 39.9 Å². The molecule has 194 valence electrons. The zero-order chi connectivity index (χ0) is 26.6. The van der Waals surface area contributed by atoms with Crippen LogP contribution in [0.25, 0.3) is 5.76 Å². The summed E-state index contributed by atoms with van der Waals surface area (Å²) in [4.78, 5) is 45.7. The van der Waals surface area contributed by atoms with Crippen LogP contribution in [0.4, 0.5) is 0 Å². The molecule has 1 aromatic carbocycles. The molecule has 1 aromatic heterocycles. The summed E-state index contributed by atoms with van der Waals surface area (Å²) in [6.45, 7) is 11.8. The molecule has 3 rings (SSSR count). The Bertz CT molecular complexity index is 1180. The normalized spacial score (nSPS) is 17.2. The Labute approximate surface area is 211 Å². The van der Waals surface area contributed by atoms with E-state index in [9.17, 15) is 19.5 Å². The molecule has 1 saturated heterocycles. The molecule has 1 aliphatic heterocycles. The SMILES string of the molecule is CCOC(=O)c1[nH]c(C)c(C(O)=C2C(=O)C(=O)N(CCN(CC)CC)[C@@H]2c2ccccc2OC)c1C. The van der Waals surface area contributed by atoms with Crippen LogP contribution in [0.2, 0.25) is 0 Å². The number of aryl methyl sites for hydroxylation is 1. The van der Waals surface area contributed by atoms with Gasteiger partial charge in [-0.15, -0.1) is 0 Å². The number of methoxy groups -OCH3 is 1. The Kier molecular flexibility index (Phi) is 8.57. The lowest BCUT2D eigenvalue weighted by atomic mass is 9.93. The number of H-pyrrole nitrogens is 1. The Morgan fingerprint density at radius 2 is 1.81 bits per heavy atom. The Morgan fingerprint density at radius 3 is 2.42 bits per heavy atom. The summed E-state index contributed by atoms with van der Waals surface area (Å²) < 4.78 is 10.7. The number of ether oxygens (including phenoxy) is 2. The number of nitrogens with one attached hydrogen (secondary N) is 1. The number of benzene rings is 1. The molecule has 2 aromatic rings. The second-order valence-electron chi connectivity index (χ2n) is 8.61. The molecule has 0 unspecified atom stereocenters. The first-order valence-corrected chi connectivity index (χ1v) is 12.2. The number of Topliss-reactive ketones (excluding diaryl/α,β-unsaturated/α-hetero) is 1. The van der Waals surface area contributed by atoms with E-state index < -0.39 is 23.7 Å². The van der Waals surface area contributed by atoms with Crippen molar-refractivity contribution < 1.29 is 29.0 Å². The number of esters is 1. The van der Waals surface area contributed by atoms with E-state index in [1.807, 2.05) is 13.8 Å². The molecule has 1 atom stereocenters. The first kappa shape index (κ1) is 27.0. The Balaban J connectivity index is 2.21. The number of aromatic nitrogens is 1. The molecule has 0 radical (unpaired) electrons. The average molecular weight is 498 g/mol. The largest absolute Gasteiger partial charge is 0.507 e. The molecule has 1 amide bonds. The van der Waals surface area contributed by atoms with Crippen LogP contribution in [0, 0.1) is 13.8 Å². The third-order valence-electron chi connectivity index (χ3n) is 6.68. The summed E-state index contributed by atoms with van der Waals surface area (Å²) >= 11 is 0. The highest BCUT2D eigenvalue weighted by Crippen LogP contribution is 2.43. The first-order valence-electron chi connectivity index (χ1n) is 12.2. The first-order chi connectivity index (χ1) is 17.2. The maximum Gasteiger partial charge on any atom is 0.355 e. The fourth-order valence-electron chi connectivity index (χ4n) is 4.76. The van der Waals surface area contributed by atoms with Gasteiger partial charge in [0.2, 0.25) is 0 Å². The van der Waals surface area contributed by atoms with Crippen molar-refractivity contribution >= 4 is 23.4 Å². The van der Waals surface area contributed by atoms with E-state index in [0.29, 0.717) is 41.2 Å². The molecule has 2 heterocycles. The standard InChI is InChI=1S/C27H35N3O6/c1-7-29(8-2)14-15-30-23(18-12-10-11-13-19(18)35-6)21(25(32)26(30)33)24(31)20-16(4)22(28-17(20)5)27(34)36-9-3/h10-13,23,28,31H,7-9,14-15H2,1-6H3/t23-/m1/s1. The van der Waals surface area contributed by atoms with Gasteiger partial charge < -0.3 is 29.4 Å². The number of hydrogen-bond donors (Lipinski definition) is 2. The van der Waals surface area contributed by atoms with E-state index in [1.165, 1.54) is 12.0 Å². The third kappa shape index (κ3) is 4.88. The number of amides is 1. The number of rotatable bonds is 10. The van der Waals surface area contributed by atoms with Gasteiger partial charge in [0.25, 0.3) is 11.7 Å². The summed E-state index contributed by atoms with van der Waals surface area (Å²) in [5.41, 5.74) is 1.99. The van der Waals surface area contributed by atoms with Gasteiger partial charge in [0.05, 0.1) is 25.3 Å². The van der Waals surface area contributed by atoms with Crippen molar-refractivity contribution in [2.45, 2.75) is 40.7 Å². The maximum atomic E-state index is 13.4. The van der Waals surface area contributed by atoms with Crippen molar-refractivity contribution in [3.05, 3.63) is 57.9 Å². The topological polar surface area (TPSA) is 112 Å². The van der Waals surface area contributed by atoms with E-state index in [-0.39, 0.29) is 23.6 Å². The van der Waals surface area contributed by atoms with Gasteiger partial charge in [-0.1, -0.05) is 32.0 Å². The molecule has 0 bridgehead atoms. The molecule has 0 saturated carbocycles. The van der Waals surface area contributed by atoms with Crippen LogP contribution < -0.4 is 4.74 Å². The van der Waals surface area contributed by atoms with E-state index in [1.54, 1.807) is 45.0 Å². The second-order valence-corrected chi connectivity index (χ2v) is 8.61.